The summed E-state index contributed by atoms with van der Waals surface area (Å²) in [5, 5.41) is 0. The van der Waals surface area contributed by atoms with Crippen molar-refractivity contribution in [1.82, 2.24) is 0 Å². The Morgan fingerprint density at radius 2 is 2.00 bits per heavy atom. The number of nitrogens with two attached hydrogens (primary N) is 1. The molecule has 1 aromatic carbocycles. The molecule has 0 bridgehead atoms. The van der Waals surface area contributed by atoms with Crippen LogP contribution in [0.3, 0.4) is 0 Å². The molecular weight excluding hydrogens is 194 g/mol. The Kier molecular flexibility index (Phi) is 3.97. The molecule has 0 amide bonds. The summed E-state index contributed by atoms with van der Waals surface area (Å²) in [5.41, 5.74) is 7.11. The van der Waals surface area contributed by atoms with Crippen molar-refractivity contribution in [2.45, 2.75) is 20.0 Å². The fraction of sp³-hybridized carbons (Fsp3) is 0.364. The van der Waals surface area contributed by atoms with Crippen LogP contribution in [0.1, 0.15) is 25.5 Å². The Morgan fingerprint density at radius 1 is 1.40 bits per heavy atom. The van der Waals surface area contributed by atoms with Crippen LogP contribution >= 0.6 is 0 Å². The summed E-state index contributed by atoms with van der Waals surface area (Å²) in [6, 6.07) is 7.17. The molecule has 0 aliphatic carbocycles. The third-order valence-electron chi connectivity index (χ3n) is 1.94. The molecule has 4 nitrogen and oxygen atoms in total. The van der Waals surface area contributed by atoms with Gasteiger partial charge in [0.05, 0.1) is 6.61 Å². The van der Waals surface area contributed by atoms with E-state index in [1.54, 1.807) is 26.0 Å². The molecule has 0 spiro atoms. The number of ether oxygens (including phenoxy) is 2. The molecule has 0 aliphatic rings. The van der Waals surface area contributed by atoms with E-state index in [0.29, 0.717) is 12.3 Å². The molecule has 1 unspecified atom stereocenters. The van der Waals surface area contributed by atoms with Crippen LogP contribution in [0, 0.1) is 0 Å². The van der Waals surface area contributed by atoms with Crippen molar-refractivity contribution in [1.29, 1.82) is 0 Å². The number of hydrogen-bond acceptors (Lipinski definition) is 4. The van der Waals surface area contributed by atoms with E-state index in [0.717, 1.165) is 5.56 Å². The SMILES string of the molecule is CCOC(=O)OC(C)c1ccc(N)cc1. The average molecular weight is 209 g/mol. The standard InChI is InChI=1S/C11H15NO3/c1-3-14-11(13)15-8(2)9-4-6-10(12)7-5-9/h4-8H,3,12H2,1-2H3. The molecule has 15 heavy (non-hydrogen) atoms. The van der Waals surface area contributed by atoms with E-state index in [1.165, 1.54) is 0 Å². The molecule has 0 aliphatic heterocycles. The molecule has 0 radical (unpaired) electrons. The van der Waals surface area contributed by atoms with Crippen molar-refractivity contribution in [3.05, 3.63) is 29.8 Å². The summed E-state index contributed by atoms with van der Waals surface area (Å²) in [7, 11) is 0. The lowest BCUT2D eigenvalue weighted by atomic mass is 10.1. The van der Waals surface area contributed by atoms with Crippen LogP contribution in [0.15, 0.2) is 24.3 Å². The Morgan fingerprint density at radius 3 is 2.53 bits per heavy atom. The van der Waals surface area contributed by atoms with Crippen molar-refractivity contribution in [3.63, 3.8) is 0 Å². The Labute approximate surface area is 89.0 Å². The van der Waals surface area contributed by atoms with Gasteiger partial charge in [0.25, 0.3) is 0 Å². The van der Waals surface area contributed by atoms with Gasteiger partial charge in [-0.1, -0.05) is 12.1 Å². The largest absolute Gasteiger partial charge is 0.508 e. The normalized spacial score (nSPS) is 11.9. The van der Waals surface area contributed by atoms with E-state index < -0.39 is 6.16 Å². The number of hydrogen-bond donors (Lipinski definition) is 1. The first kappa shape index (κ1) is 11.4. The van der Waals surface area contributed by atoms with Crippen LogP contribution in [0.2, 0.25) is 0 Å². The maximum Gasteiger partial charge on any atom is 0.508 e. The van der Waals surface area contributed by atoms with Gasteiger partial charge in [-0.05, 0) is 31.5 Å². The lowest BCUT2D eigenvalue weighted by Gasteiger charge is -2.12. The highest BCUT2D eigenvalue weighted by molar-refractivity contribution is 5.60. The molecule has 1 rings (SSSR count). The van der Waals surface area contributed by atoms with Crippen LogP contribution in [-0.2, 0) is 9.47 Å². The summed E-state index contributed by atoms with van der Waals surface area (Å²) in [6.07, 6.45) is -0.980. The van der Waals surface area contributed by atoms with E-state index in [2.05, 4.69) is 4.74 Å². The number of benzene rings is 1. The third-order valence-corrected chi connectivity index (χ3v) is 1.94. The van der Waals surface area contributed by atoms with Crippen molar-refractivity contribution in [2.75, 3.05) is 12.3 Å². The van der Waals surface area contributed by atoms with Gasteiger partial charge in [0, 0.05) is 5.69 Å². The maximum atomic E-state index is 11.0. The number of carbonyl (C=O) groups excluding carboxylic acids is 1. The second kappa shape index (κ2) is 5.24. The molecule has 0 saturated carbocycles. The fourth-order valence-electron chi connectivity index (χ4n) is 1.13. The topological polar surface area (TPSA) is 61.5 Å². The van der Waals surface area contributed by atoms with Crippen LogP contribution in [0.5, 0.6) is 0 Å². The smallest absolute Gasteiger partial charge is 0.435 e. The highest BCUT2D eigenvalue weighted by atomic mass is 16.7. The van der Waals surface area contributed by atoms with Gasteiger partial charge in [-0.2, -0.15) is 0 Å². The van der Waals surface area contributed by atoms with E-state index >= 15 is 0 Å². The molecule has 1 atom stereocenters. The van der Waals surface area contributed by atoms with E-state index in [9.17, 15) is 4.79 Å². The van der Waals surface area contributed by atoms with Gasteiger partial charge >= 0.3 is 6.16 Å². The van der Waals surface area contributed by atoms with Crippen molar-refractivity contribution in [2.24, 2.45) is 0 Å². The zero-order valence-corrected chi connectivity index (χ0v) is 8.90. The number of rotatable bonds is 3. The Hall–Kier alpha value is -1.71. The van der Waals surface area contributed by atoms with Crippen molar-refractivity contribution in [3.8, 4) is 0 Å². The van der Waals surface area contributed by atoms with Crippen LogP contribution < -0.4 is 5.73 Å². The van der Waals surface area contributed by atoms with Crippen LogP contribution in [0.4, 0.5) is 10.5 Å². The minimum absolute atomic E-state index is 0.313. The Balaban J connectivity index is 2.57. The zero-order valence-electron chi connectivity index (χ0n) is 8.90. The first-order valence-corrected chi connectivity index (χ1v) is 4.82. The first-order chi connectivity index (χ1) is 7.13. The van der Waals surface area contributed by atoms with E-state index in [-0.39, 0.29) is 6.10 Å². The molecule has 82 valence electrons. The highest BCUT2D eigenvalue weighted by Gasteiger charge is 2.11. The fourth-order valence-corrected chi connectivity index (χ4v) is 1.13. The molecule has 0 saturated heterocycles. The number of carbonyl (C=O) groups is 1. The summed E-state index contributed by atoms with van der Waals surface area (Å²) in [5.74, 6) is 0. The van der Waals surface area contributed by atoms with Crippen LogP contribution in [-0.4, -0.2) is 12.8 Å². The van der Waals surface area contributed by atoms with Gasteiger partial charge in [-0.25, -0.2) is 4.79 Å². The minimum Gasteiger partial charge on any atom is -0.435 e. The predicted octanol–water partition coefficient (Wildman–Crippen LogP) is 2.50. The molecule has 0 aromatic heterocycles. The summed E-state index contributed by atoms with van der Waals surface area (Å²) >= 11 is 0. The molecular formula is C11H15NO3. The second-order valence-electron chi connectivity index (χ2n) is 3.11. The highest BCUT2D eigenvalue weighted by Crippen LogP contribution is 2.18. The van der Waals surface area contributed by atoms with Crippen molar-refractivity contribution >= 4 is 11.8 Å². The lowest BCUT2D eigenvalue weighted by Crippen LogP contribution is -2.10. The van der Waals surface area contributed by atoms with E-state index in [1.807, 2.05) is 12.1 Å². The lowest BCUT2D eigenvalue weighted by molar-refractivity contribution is 0.0317. The second-order valence-corrected chi connectivity index (χ2v) is 3.11. The zero-order chi connectivity index (χ0) is 11.3. The Bertz CT molecular complexity index is 321. The maximum absolute atomic E-state index is 11.0. The van der Waals surface area contributed by atoms with Gasteiger partial charge in [0.15, 0.2) is 0 Å². The van der Waals surface area contributed by atoms with Gasteiger partial charge in [-0.15, -0.1) is 0 Å². The summed E-state index contributed by atoms with van der Waals surface area (Å²) in [6.45, 7) is 3.82. The number of anilines is 1. The monoisotopic (exact) mass is 209 g/mol. The molecule has 2 N–H and O–H groups in total. The van der Waals surface area contributed by atoms with Gasteiger partial charge < -0.3 is 15.2 Å². The third kappa shape index (κ3) is 3.50. The molecule has 0 heterocycles. The number of nitrogen functional groups attached to an aromatic ring is 1. The average Bonchev–Trinajstić information content (AvgIpc) is 2.18. The molecule has 4 heteroatoms. The van der Waals surface area contributed by atoms with Crippen LogP contribution in [0.25, 0.3) is 0 Å². The molecule has 0 fully saturated rings. The minimum atomic E-state index is -0.651. The first-order valence-electron chi connectivity index (χ1n) is 4.82. The summed E-state index contributed by atoms with van der Waals surface area (Å²) < 4.78 is 9.69. The molecule has 1 aromatic rings. The quantitative estimate of drug-likeness (QED) is 0.613. The van der Waals surface area contributed by atoms with E-state index in [4.69, 9.17) is 10.5 Å². The summed E-state index contributed by atoms with van der Waals surface area (Å²) in [4.78, 5) is 11.0. The van der Waals surface area contributed by atoms with Gasteiger partial charge in [-0.3, -0.25) is 0 Å². The van der Waals surface area contributed by atoms with Gasteiger partial charge in [0.2, 0.25) is 0 Å². The van der Waals surface area contributed by atoms with Gasteiger partial charge in [0.1, 0.15) is 6.10 Å². The van der Waals surface area contributed by atoms with Crippen molar-refractivity contribution < 1.29 is 14.3 Å². The predicted molar refractivity (Wildman–Crippen MR) is 57.4 cm³/mol.